The van der Waals surface area contributed by atoms with Crippen molar-refractivity contribution in [2.45, 2.75) is 26.3 Å². The third kappa shape index (κ3) is 2.28. The highest BCUT2D eigenvalue weighted by Gasteiger charge is 2.23. The van der Waals surface area contributed by atoms with Crippen molar-refractivity contribution in [3.63, 3.8) is 0 Å². The maximum absolute atomic E-state index is 12.4. The molecule has 1 amide bonds. The standard InChI is InChI=1S/C14H20N2O2/c1-4-10(2)16(3)14(17)11-6-5-7-12-13(11)18-9-8-15-12/h5-7,10,15H,4,8-9H2,1-3H3. The molecule has 1 N–H and O–H groups in total. The summed E-state index contributed by atoms with van der Waals surface area (Å²) in [6.07, 6.45) is 0.941. The summed E-state index contributed by atoms with van der Waals surface area (Å²) in [4.78, 5) is 14.2. The molecule has 0 saturated carbocycles. The number of fused-ring (bicyclic) bond motifs is 1. The topological polar surface area (TPSA) is 41.6 Å². The van der Waals surface area contributed by atoms with Crippen LogP contribution in [-0.2, 0) is 0 Å². The van der Waals surface area contributed by atoms with Crippen LogP contribution in [0.2, 0.25) is 0 Å². The molecule has 0 fully saturated rings. The molecule has 1 aliphatic rings. The molecule has 0 aliphatic carbocycles. The van der Waals surface area contributed by atoms with Gasteiger partial charge in [-0.25, -0.2) is 0 Å². The summed E-state index contributed by atoms with van der Waals surface area (Å²) in [6.45, 7) is 5.51. The molecule has 98 valence electrons. The van der Waals surface area contributed by atoms with E-state index in [1.54, 1.807) is 4.90 Å². The number of hydrogen-bond acceptors (Lipinski definition) is 3. The quantitative estimate of drug-likeness (QED) is 0.892. The van der Waals surface area contributed by atoms with Gasteiger partial charge in [0.25, 0.3) is 5.91 Å². The molecule has 1 aromatic carbocycles. The van der Waals surface area contributed by atoms with E-state index in [0.29, 0.717) is 17.9 Å². The highest BCUT2D eigenvalue weighted by atomic mass is 16.5. The fraction of sp³-hybridized carbons (Fsp3) is 0.500. The first-order valence-corrected chi connectivity index (χ1v) is 6.42. The lowest BCUT2D eigenvalue weighted by Crippen LogP contribution is -2.35. The van der Waals surface area contributed by atoms with E-state index in [-0.39, 0.29) is 11.9 Å². The van der Waals surface area contributed by atoms with Crippen LogP contribution in [0.15, 0.2) is 18.2 Å². The first-order valence-electron chi connectivity index (χ1n) is 6.42. The van der Waals surface area contributed by atoms with Crippen molar-refractivity contribution in [3.8, 4) is 5.75 Å². The number of rotatable bonds is 3. The van der Waals surface area contributed by atoms with E-state index < -0.39 is 0 Å². The molecule has 1 aromatic rings. The molecule has 0 saturated heterocycles. The Labute approximate surface area is 108 Å². The molecule has 1 unspecified atom stereocenters. The highest BCUT2D eigenvalue weighted by molar-refractivity contribution is 5.99. The zero-order valence-corrected chi connectivity index (χ0v) is 11.2. The molecule has 2 rings (SSSR count). The van der Waals surface area contributed by atoms with Gasteiger partial charge in [-0.15, -0.1) is 0 Å². The van der Waals surface area contributed by atoms with E-state index in [1.165, 1.54) is 0 Å². The second-order valence-electron chi connectivity index (χ2n) is 4.63. The van der Waals surface area contributed by atoms with Crippen LogP contribution in [0, 0.1) is 0 Å². The largest absolute Gasteiger partial charge is 0.489 e. The summed E-state index contributed by atoms with van der Waals surface area (Å²) in [7, 11) is 1.84. The number of hydrogen-bond donors (Lipinski definition) is 1. The average molecular weight is 248 g/mol. The van der Waals surface area contributed by atoms with Crippen molar-refractivity contribution in [2.75, 3.05) is 25.5 Å². The minimum atomic E-state index is 0.0184. The Morgan fingerprint density at radius 2 is 2.33 bits per heavy atom. The normalized spacial score (nSPS) is 15.1. The number of nitrogens with one attached hydrogen (secondary N) is 1. The smallest absolute Gasteiger partial charge is 0.257 e. The molecule has 4 heteroatoms. The molecule has 18 heavy (non-hydrogen) atoms. The number of carbonyl (C=O) groups excluding carboxylic acids is 1. The SMILES string of the molecule is CCC(C)N(C)C(=O)c1cccc2c1OCCN2. The molecule has 0 spiro atoms. The van der Waals surface area contributed by atoms with E-state index >= 15 is 0 Å². The summed E-state index contributed by atoms with van der Waals surface area (Å²) in [5.74, 6) is 0.703. The van der Waals surface area contributed by atoms with E-state index in [2.05, 4.69) is 12.2 Å². The van der Waals surface area contributed by atoms with Crippen LogP contribution in [0.1, 0.15) is 30.6 Å². The van der Waals surface area contributed by atoms with Gasteiger partial charge in [0.15, 0.2) is 5.75 Å². The first kappa shape index (κ1) is 12.7. The van der Waals surface area contributed by atoms with Gasteiger partial charge in [-0.1, -0.05) is 13.0 Å². The van der Waals surface area contributed by atoms with E-state index in [0.717, 1.165) is 18.7 Å². The number of nitrogens with zero attached hydrogens (tertiary/aromatic N) is 1. The number of benzene rings is 1. The average Bonchev–Trinajstić information content (AvgIpc) is 2.44. The van der Waals surface area contributed by atoms with Gasteiger partial charge >= 0.3 is 0 Å². The minimum absolute atomic E-state index is 0.0184. The maximum atomic E-state index is 12.4. The van der Waals surface area contributed by atoms with Crippen LogP contribution in [0.25, 0.3) is 0 Å². The van der Waals surface area contributed by atoms with Gasteiger partial charge in [-0.2, -0.15) is 0 Å². The Hall–Kier alpha value is -1.71. The van der Waals surface area contributed by atoms with Gasteiger partial charge in [-0.05, 0) is 25.5 Å². The molecule has 1 aliphatic heterocycles. The van der Waals surface area contributed by atoms with Crippen LogP contribution in [0.3, 0.4) is 0 Å². The fourth-order valence-electron chi connectivity index (χ4n) is 2.00. The lowest BCUT2D eigenvalue weighted by molar-refractivity contribution is 0.0736. The van der Waals surface area contributed by atoms with Gasteiger partial charge in [-0.3, -0.25) is 4.79 Å². The Kier molecular flexibility index (Phi) is 3.75. The molecule has 0 aromatic heterocycles. The second-order valence-corrected chi connectivity index (χ2v) is 4.63. The van der Waals surface area contributed by atoms with Gasteiger partial charge < -0.3 is 15.0 Å². The van der Waals surface area contributed by atoms with Crippen LogP contribution < -0.4 is 10.1 Å². The molecule has 1 atom stereocenters. The Balaban J connectivity index is 2.30. The third-order valence-corrected chi connectivity index (χ3v) is 3.48. The maximum Gasteiger partial charge on any atom is 0.257 e. The molecule has 1 heterocycles. The number of ether oxygens (including phenoxy) is 1. The van der Waals surface area contributed by atoms with Crippen LogP contribution in [-0.4, -0.2) is 37.0 Å². The second kappa shape index (κ2) is 5.29. The van der Waals surface area contributed by atoms with E-state index in [9.17, 15) is 4.79 Å². The zero-order chi connectivity index (χ0) is 13.1. The van der Waals surface area contributed by atoms with E-state index in [1.807, 2.05) is 32.2 Å². The van der Waals surface area contributed by atoms with E-state index in [4.69, 9.17) is 4.74 Å². The molecular formula is C14H20N2O2. The van der Waals surface area contributed by atoms with Gasteiger partial charge in [0.05, 0.1) is 11.3 Å². The predicted octanol–water partition coefficient (Wildman–Crippen LogP) is 2.36. The van der Waals surface area contributed by atoms with Crippen LogP contribution in [0.4, 0.5) is 5.69 Å². The van der Waals surface area contributed by atoms with Gasteiger partial charge in [0.1, 0.15) is 6.61 Å². The van der Waals surface area contributed by atoms with Crippen molar-refractivity contribution < 1.29 is 9.53 Å². The van der Waals surface area contributed by atoms with Gasteiger partial charge in [0.2, 0.25) is 0 Å². The summed E-state index contributed by atoms with van der Waals surface area (Å²) < 4.78 is 5.63. The highest BCUT2D eigenvalue weighted by Crippen LogP contribution is 2.32. The third-order valence-electron chi connectivity index (χ3n) is 3.48. The summed E-state index contributed by atoms with van der Waals surface area (Å²) >= 11 is 0. The Morgan fingerprint density at radius 3 is 3.06 bits per heavy atom. The fourth-order valence-corrected chi connectivity index (χ4v) is 2.00. The Bertz CT molecular complexity index is 445. The van der Waals surface area contributed by atoms with Crippen molar-refractivity contribution >= 4 is 11.6 Å². The number of carbonyl (C=O) groups is 1. The van der Waals surface area contributed by atoms with Gasteiger partial charge in [0, 0.05) is 19.6 Å². The van der Waals surface area contributed by atoms with Crippen LogP contribution >= 0.6 is 0 Å². The first-order chi connectivity index (χ1) is 8.65. The van der Waals surface area contributed by atoms with Crippen molar-refractivity contribution in [3.05, 3.63) is 23.8 Å². The lowest BCUT2D eigenvalue weighted by atomic mass is 10.1. The minimum Gasteiger partial charge on any atom is -0.489 e. The molecule has 0 radical (unpaired) electrons. The van der Waals surface area contributed by atoms with Crippen LogP contribution in [0.5, 0.6) is 5.75 Å². The number of amides is 1. The predicted molar refractivity (Wildman–Crippen MR) is 72.3 cm³/mol. The Morgan fingerprint density at radius 1 is 1.56 bits per heavy atom. The van der Waals surface area contributed by atoms with Crippen molar-refractivity contribution in [1.29, 1.82) is 0 Å². The summed E-state index contributed by atoms with van der Waals surface area (Å²) in [5, 5.41) is 3.24. The summed E-state index contributed by atoms with van der Waals surface area (Å²) in [6, 6.07) is 5.88. The molecule has 4 nitrogen and oxygen atoms in total. The van der Waals surface area contributed by atoms with Crippen molar-refractivity contribution in [2.24, 2.45) is 0 Å². The monoisotopic (exact) mass is 248 g/mol. The van der Waals surface area contributed by atoms with Crippen molar-refractivity contribution in [1.82, 2.24) is 4.90 Å². The number of para-hydroxylation sites is 1. The number of anilines is 1. The lowest BCUT2D eigenvalue weighted by Gasteiger charge is -2.27. The zero-order valence-electron chi connectivity index (χ0n) is 11.2. The molecule has 0 bridgehead atoms. The molecular weight excluding hydrogens is 228 g/mol. The summed E-state index contributed by atoms with van der Waals surface area (Å²) in [5.41, 5.74) is 1.55.